The Morgan fingerprint density at radius 3 is 2.43 bits per heavy atom. The minimum absolute atomic E-state index is 0.136. The molecule has 0 bridgehead atoms. The minimum atomic E-state index is -0.610. The fourth-order valence-electron chi connectivity index (χ4n) is 4.56. The Kier molecular flexibility index (Phi) is 8.06. The molecule has 6 nitrogen and oxygen atoms in total. The van der Waals surface area contributed by atoms with Crippen LogP contribution >= 0.6 is 0 Å². The van der Waals surface area contributed by atoms with Crippen molar-refractivity contribution in [3.05, 3.63) is 58.8 Å². The number of aromatic amines is 1. The van der Waals surface area contributed by atoms with Crippen LogP contribution in [0.2, 0.25) is 0 Å². The maximum absolute atomic E-state index is 13.2. The first kappa shape index (κ1) is 26.5. The van der Waals surface area contributed by atoms with Crippen LogP contribution < -0.4 is 9.47 Å². The zero-order valence-electron chi connectivity index (χ0n) is 22.2. The minimum Gasteiger partial charge on any atom is -0.426 e. The van der Waals surface area contributed by atoms with E-state index in [-0.39, 0.29) is 24.3 Å². The molecule has 6 heteroatoms. The maximum Gasteiger partial charge on any atom is 0.313 e. The van der Waals surface area contributed by atoms with E-state index >= 15 is 0 Å². The summed E-state index contributed by atoms with van der Waals surface area (Å²) in [6.45, 7) is 12.4. The van der Waals surface area contributed by atoms with Crippen molar-refractivity contribution in [1.29, 1.82) is 0 Å². The molecule has 3 aromatic rings. The summed E-state index contributed by atoms with van der Waals surface area (Å²) in [4.78, 5) is 31.0. The van der Waals surface area contributed by atoms with Gasteiger partial charge < -0.3 is 19.4 Å². The molecule has 0 atom stereocenters. The van der Waals surface area contributed by atoms with Gasteiger partial charge in [0.25, 0.3) is 0 Å². The monoisotopic (exact) mass is 478 g/mol. The van der Waals surface area contributed by atoms with E-state index in [1.54, 1.807) is 0 Å². The van der Waals surface area contributed by atoms with Crippen molar-refractivity contribution in [1.82, 2.24) is 9.88 Å². The smallest absolute Gasteiger partial charge is 0.313 e. The Bertz CT molecular complexity index is 1220. The number of rotatable bonds is 9. The number of H-pyrrole nitrogens is 1. The molecule has 0 radical (unpaired) electrons. The zero-order chi connectivity index (χ0) is 25.9. The number of aromatic nitrogens is 1. The highest BCUT2D eigenvalue weighted by atomic mass is 16.5. The van der Waals surface area contributed by atoms with E-state index in [2.05, 4.69) is 9.88 Å². The second-order valence-electron chi connectivity index (χ2n) is 10.6. The fourth-order valence-corrected chi connectivity index (χ4v) is 4.56. The molecule has 188 valence electrons. The van der Waals surface area contributed by atoms with E-state index in [4.69, 9.17) is 9.47 Å². The lowest BCUT2D eigenvalue weighted by atomic mass is 9.78. The molecule has 1 heterocycles. The molecule has 35 heavy (non-hydrogen) atoms. The average molecular weight is 479 g/mol. The van der Waals surface area contributed by atoms with Crippen LogP contribution in [0.3, 0.4) is 0 Å². The predicted octanol–water partition coefficient (Wildman–Crippen LogP) is 5.72. The van der Waals surface area contributed by atoms with E-state index in [1.165, 1.54) is 0 Å². The maximum atomic E-state index is 13.2. The molecule has 3 rings (SSSR count). The molecular formula is C29H38N2O4. The highest BCUT2D eigenvalue weighted by molar-refractivity contribution is 5.91. The molecule has 0 amide bonds. The summed E-state index contributed by atoms with van der Waals surface area (Å²) < 4.78 is 11.7. The highest BCUT2D eigenvalue weighted by Gasteiger charge is 2.32. The number of likely N-dealkylation sites (N-methyl/N-ethyl adjacent to an activating group) is 1. The summed E-state index contributed by atoms with van der Waals surface area (Å²) >= 11 is 0. The Morgan fingerprint density at radius 1 is 1.06 bits per heavy atom. The van der Waals surface area contributed by atoms with Crippen molar-refractivity contribution in [2.24, 2.45) is 5.92 Å². The van der Waals surface area contributed by atoms with Gasteiger partial charge in [0.15, 0.2) is 0 Å². The van der Waals surface area contributed by atoms with Crippen molar-refractivity contribution < 1.29 is 19.1 Å². The van der Waals surface area contributed by atoms with Gasteiger partial charge in [0, 0.05) is 34.6 Å². The SMILES string of the molecule is Cc1cc(C)c(C(C)(C)CC(=O)Oc2cccc3[nH]cc(CCN(C)C)c23)c(OC(=O)C(C)C)c1. The molecule has 0 spiro atoms. The number of nitrogens with one attached hydrogen (secondary N) is 1. The van der Waals surface area contributed by atoms with Crippen molar-refractivity contribution in [3.8, 4) is 11.5 Å². The second-order valence-corrected chi connectivity index (χ2v) is 10.6. The highest BCUT2D eigenvalue weighted by Crippen LogP contribution is 2.39. The zero-order valence-corrected chi connectivity index (χ0v) is 22.2. The summed E-state index contributed by atoms with van der Waals surface area (Å²) in [6.07, 6.45) is 2.97. The van der Waals surface area contributed by atoms with Gasteiger partial charge in [-0.15, -0.1) is 0 Å². The topological polar surface area (TPSA) is 71.6 Å². The van der Waals surface area contributed by atoms with Crippen LogP contribution in [0.4, 0.5) is 0 Å². The molecule has 0 saturated carbocycles. The van der Waals surface area contributed by atoms with Gasteiger partial charge in [0.1, 0.15) is 11.5 Å². The molecular weight excluding hydrogens is 440 g/mol. The lowest BCUT2D eigenvalue weighted by Crippen LogP contribution is -2.27. The Balaban J connectivity index is 1.88. The predicted molar refractivity (Wildman–Crippen MR) is 140 cm³/mol. The first-order valence-corrected chi connectivity index (χ1v) is 12.2. The number of aryl methyl sites for hydroxylation is 2. The number of esters is 2. The van der Waals surface area contributed by atoms with E-state index < -0.39 is 5.41 Å². The van der Waals surface area contributed by atoms with Crippen LogP contribution in [0.25, 0.3) is 10.9 Å². The number of hydrogen-bond acceptors (Lipinski definition) is 5. The van der Waals surface area contributed by atoms with Gasteiger partial charge in [-0.2, -0.15) is 0 Å². The van der Waals surface area contributed by atoms with Crippen LogP contribution in [-0.2, 0) is 21.4 Å². The lowest BCUT2D eigenvalue weighted by molar-refractivity contribution is -0.137. The van der Waals surface area contributed by atoms with Crippen molar-refractivity contribution >= 4 is 22.8 Å². The molecule has 0 saturated heterocycles. The van der Waals surface area contributed by atoms with Gasteiger partial charge in [0.05, 0.1) is 12.3 Å². The average Bonchev–Trinajstić information content (AvgIpc) is 3.15. The fraction of sp³-hybridized carbons (Fsp3) is 0.448. The number of benzene rings is 2. The standard InChI is InChI=1S/C29H38N2O4/c1-18(2)28(33)35-24-15-19(3)14-20(4)27(24)29(5,6)16-25(32)34-23-11-9-10-22-26(23)21(17-30-22)12-13-31(7)8/h9-11,14-15,17-18,30H,12-13,16H2,1-8H3. The third kappa shape index (κ3) is 6.31. The molecule has 1 aromatic heterocycles. The van der Waals surface area contributed by atoms with Crippen LogP contribution in [0.15, 0.2) is 36.5 Å². The second kappa shape index (κ2) is 10.6. The molecule has 0 fully saturated rings. The number of hydrogen-bond donors (Lipinski definition) is 1. The van der Waals surface area contributed by atoms with Gasteiger partial charge in [-0.25, -0.2) is 0 Å². The van der Waals surface area contributed by atoms with Crippen molar-refractivity contribution in [2.75, 3.05) is 20.6 Å². The summed E-state index contributed by atoms with van der Waals surface area (Å²) in [7, 11) is 4.08. The Morgan fingerprint density at radius 2 is 1.77 bits per heavy atom. The number of nitrogens with zero attached hydrogens (tertiary/aromatic N) is 1. The molecule has 0 aliphatic heterocycles. The number of carbonyl (C=O) groups excluding carboxylic acids is 2. The molecule has 0 aliphatic rings. The van der Waals surface area contributed by atoms with Gasteiger partial charge in [-0.05, 0) is 69.3 Å². The molecule has 0 aliphatic carbocycles. The van der Waals surface area contributed by atoms with Gasteiger partial charge >= 0.3 is 11.9 Å². The van der Waals surface area contributed by atoms with E-state index in [1.807, 2.05) is 92.2 Å². The van der Waals surface area contributed by atoms with E-state index in [0.717, 1.165) is 46.1 Å². The largest absolute Gasteiger partial charge is 0.426 e. The summed E-state index contributed by atoms with van der Waals surface area (Å²) in [5.41, 5.74) is 4.28. The van der Waals surface area contributed by atoms with E-state index in [9.17, 15) is 9.59 Å². The van der Waals surface area contributed by atoms with Gasteiger partial charge in [0.2, 0.25) is 0 Å². The van der Waals surface area contributed by atoms with E-state index in [0.29, 0.717) is 11.5 Å². The van der Waals surface area contributed by atoms with Crippen molar-refractivity contribution in [2.45, 2.75) is 59.8 Å². The summed E-state index contributed by atoms with van der Waals surface area (Å²) in [6, 6.07) is 9.63. The van der Waals surface area contributed by atoms with Gasteiger partial charge in [-0.3, -0.25) is 9.59 Å². The first-order valence-electron chi connectivity index (χ1n) is 12.2. The quantitative estimate of drug-likeness (QED) is 0.314. The molecule has 0 unspecified atom stereocenters. The summed E-state index contributed by atoms with van der Waals surface area (Å²) in [5.74, 6) is 0.200. The Labute approximate surface area is 208 Å². The molecule has 1 N–H and O–H groups in total. The van der Waals surface area contributed by atoms with Crippen LogP contribution in [0.1, 0.15) is 56.4 Å². The molecule has 2 aromatic carbocycles. The van der Waals surface area contributed by atoms with Crippen LogP contribution in [0, 0.1) is 19.8 Å². The number of ether oxygens (including phenoxy) is 2. The third-order valence-corrected chi connectivity index (χ3v) is 6.19. The summed E-state index contributed by atoms with van der Waals surface area (Å²) in [5, 5.41) is 0.943. The van der Waals surface area contributed by atoms with Crippen molar-refractivity contribution in [3.63, 3.8) is 0 Å². The van der Waals surface area contributed by atoms with Gasteiger partial charge in [-0.1, -0.05) is 39.8 Å². The number of carbonyl (C=O) groups is 2. The van der Waals surface area contributed by atoms with Crippen LogP contribution in [-0.4, -0.2) is 42.5 Å². The third-order valence-electron chi connectivity index (χ3n) is 6.19. The lowest BCUT2D eigenvalue weighted by Gasteiger charge is -2.29. The normalized spacial score (nSPS) is 11.9. The number of fused-ring (bicyclic) bond motifs is 1. The van der Waals surface area contributed by atoms with Crippen LogP contribution in [0.5, 0.6) is 11.5 Å². The first-order chi connectivity index (χ1) is 16.4. The Hall–Kier alpha value is -3.12.